The molecule has 0 N–H and O–H groups in total. The van der Waals surface area contributed by atoms with E-state index in [9.17, 15) is 0 Å². The second-order valence-electron chi connectivity index (χ2n) is 8.36. The van der Waals surface area contributed by atoms with Crippen LogP contribution in [0.3, 0.4) is 0 Å². The summed E-state index contributed by atoms with van der Waals surface area (Å²) < 4.78 is 1.60. The summed E-state index contributed by atoms with van der Waals surface area (Å²) in [7, 11) is -0.814. The van der Waals surface area contributed by atoms with Crippen molar-refractivity contribution in [1.82, 2.24) is 0 Å². The molecular weight excluding hydrogens is 521 g/mol. The molecule has 0 atom stereocenters. The Bertz CT molecular complexity index is 1120. The molecule has 0 bridgehead atoms. The van der Waals surface area contributed by atoms with Crippen LogP contribution in [-0.4, -0.2) is 24.6 Å². The summed E-state index contributed by atoms with van der Waals surface area (Å²) in [6, 6.07) is 56.3. The first kappa shape index (κ1) is 24.2. The van der Waals surface area contributed by atoms with Gasteiger partial charge < -0.3 is 0 Å². The van der Waals surface area contributed by atoms with Crippen molar-refractivity contribution in [2.24, 2.45) is 0 Å². The molecule has 0 heterocycles. The van der Waals surface area contributed by atoms with Crippen molar-refractivity contribution in [2.45, 2.75) is 0 Å². The van der Waals surface area contributed by atoms with E-state index in [4.69, 9.17) is 0 Å². The van der Waals surface area contributed by atoms with Gasteiger partial charge in [0.25, 0.3) is 0 Å². The Morgan fingerprint density at radius 2 is 0.600 bits per heavy atom. The van der Waals surface area contributed by atoms with E-state index in [2.05, 4.69) is 152 Å². The second-order valence-corrected chi connectivity index (χ2v) is 19.6. The molecule has 0 amide bonds. The van der Waals surface area contributed by atoms with E-state index >= 15 is 0 Å². The minimum absolute atomic E-state index is 0.407. The molecule has 0 unspecified atom stereocenters. The van der Waals surface area contributed by atoms with Gasteiger partial charge in [-0.3, -0.25) is 0 Å². The summed E-state index contributed by atoms with van der Waals surface area (Å²) in [6.07, 6.45) is 0. The van der Waals surface area contributed by atoms with E-state index in [1.165, 1.54) is 31.1 Å². The third-order valence-corrected chi connectivity index (χ3v) is 21.0. The quantitative estimate of drug-likeness (QED) is 0.163. The van der Waals surface area contributed by atoms with Gasteiger partial charge in [-0.25, -0.2) is 0 Å². The van der Waals surface area contributed by atoms with Crippen molar-refractivity contribution >= 4 is 56.1 Å². The second kappa shape index (κ2) is 12.5. The molecule has 3 heteroatoms. The molecule has 0 aliphatic rings. The van der Waals surface area contributed by atoms with Gasteiger partial charge in [0.15, 0.2) is 0 Å². The zero-order valence-electron chi connectivity index (χ0n) is 19.7. The molecule has 172 valence electrons. The predicted octanol–water partition coefficient (Wildman–Crippen LogP) is 5.73. The Hall–Kier alpha value is -2.48. The summed E-state index contributed by atoms with van der Waals surface area (Å²) in [5.74, 6) is 0. The molecule has 5 rings (SSSR count). The molecule has 35 heavy (non-hydrogen) atoms. The van der Waals surface area contributed by atoms with E-state index < -0.39 is 30.5 Å². The van der Waals surface area contributed by atoms with Crippen molar-refractivity contribution in [2.75, 3.05) is 9.90 Å². The summed E-state index contributed by atoms with van der Waals surface area (Å²) in [6.45, 7) is 0. The normalized spacial score (nSPS) is 11.3. The van der Waals surface area contributed by atoms with Crippen LogP contribution in [0.1, 0.15) is 0 Å². The summed E-state index contributed by atoms with van der Waals surface area (Å²) >= 11 is -1.42. The molecule has 0 aromatic heterocycles. The zero-order valence-corrected chi connectivity index (χ0v) is 23.4. The van der Waals surface area contributed by atoms with Crippen molar-refractivity contribution in [3.63, 3.8) is 0 Å². The summed E-state index contributed by atoms with van der Waals surface area (Å²) in [4.78, 5) is 2.58. The molecule has 5 aromatic carbocycles. The average molecular weight is 550 g/mol. The molecule has 0 fully saturated rings. The van der Waals surface area contributed by atoms with Crippen LogP contribution in [0, 0.1) is 0 Å². The molecule has 0 spiro atoms. The SMILES string of the molecule is c1ccc(P(C[As](CP(c2ccccc2)c2ccccc2)c2ccccc2)c2ccccc2)cc1. The van der Waals surface area contributed by atoms with Crippen LogP contribution in [-0.2, 0) is 0 Å². The van der Waals surface area contributed by atoms with E-state index in [0.29, 0.717) is 0 Å². The molecule has 0 aliphatic carbocycles. The fraction of sp³-hybridized carbons (Fsp3) is 0.0625. The fourth-order valence-corrected chi connectivity index (χ4v) is 22.4. The Balaban J connectivity index is 1.55. The first-order valence-electron chi connectivity index (χ1n) is 11.9. The first-order chi connectivity index (χ1) is 17.4. The standard InChI is InChI=1S/C32H29AsP2/c1-6-16-28(17-7-1)33(26-34(29-18-8-2-9-19-29)30-20-10-3-11-21-30)27-35(31-22-12-4-13-23-31)32-24-14-5-15-25-32/h1-25H,26-27H2. The Labute approximate surface area is 216 Å². The van der Waals surface area contributed by atoms with Gasteiger partial charge in [-0.15, -0.1) is 0 Å². The molecule has 0 saturated carbocycles. The summed E-state index contributed by atoms with van der Waals surface area (Å²) in [5.41, 5.74) is 0. The molecule has 0 radical (unpaired) electrons. The fourth-order valence-electron chi connectivity index (χ4n) is 4.24. The van der Waals surface area contributed by atoms with Crippen LogP contribution >= 0.6 is 15.8 Å². The minimum atomic E-state index is -1.42. The van der Waals surface area contributed by atoms with Crippen LogP contribution in [0.5, 0.6) is 0 Å². The third kappa shape index (κ3) is 6.40. The van der Waals surface area contributed by atoms with Crippen molar-refractivity contribution in [3.8, 4) is 0 Å². The molecular formula is C32H29AsP2. The van der Waals surface area contributed by atoms with Gasteiger partial charge in [-0.1, -0.05) is 0 Å². The van der Waals surface area contributed by atoms with Crippen LogP contribution in [0.15, 0.2) is 152 Å². The molecule has 0 nitrogen and oxygen atoms in total. The van der Waals surface area contributed by atoms with Gasteiger partial charge in [-0.2, -0.15) is 0 Å². The van der Waals surface area contributed by atoms with Gasteiger partial charge in [0.05, 0.1) is 0 Å². The number of benzene rings is 5. The molecule has 0 aliphatic heterocycles. The van der Waals surface area contributed by atoms with E-state index in [1.807, 2.05) is 0 Å². The number of hydrogen-bond donors (Lipinski definition) is 0. The molecule has 0 saturated heterocycles. The average Bonchev–Trinajstić information content (AvgIpc) is 2.95. The first-order valence-corrected chi connectivity index (χ1v) is 18.6. The maximum atomic E-state index is 2.40. The van der Waals surface area contributed by atoms with E-state index in [0.717, 1.165) is 0 Å². The van der Waals surface area contributed by atoms with Crippen LogP contribution in [0.2, 0.25) is 0 Å². The van der Waals surface area contributed by atoms with Gasteiger partial charge in [-0.05, 0) is 0 Å². The third-order valence-electron chi connectivity index (χ3n) is 6.02. The van der Waals surface area contributed by atoms with Gasteiger partial charge in [0.1, 0.15) is 0 Å². The number of hydrogen-bond acceptors (Lipinski definition) is 0. The van der Waals surface area contributed by atoms with Crippen molar-refractivity contribution in [3.05, 3.63) is 152 Å². The van der Waals surface area contributed by atoms with Crippen molar-refractivity contribution < 1.29 is 0 Å². The van der Waals surface area contributed by atoms with E-state index in [-0.39, 0.29) is 0 Å². The summed E-state index contributed by atoms with van der Waals surface area (Å²) in [5, 5.41) is 5.97. The Morgan fingerprint density at radius 3 is 0.886 bits per heavy atom. The number of rotatable bonds is 9. The van der Waals surface area contributed by atoms with Gasteiger partial charge in [0, 0.05) is 0 Å². The maximum absolute atomic E-state index is 2.40. The van der Waals surface area contributed by atoms with Crippen LogP contribution in [0.25, 0.3) is 0 Å². The van der Waals surface area contributed by atoms with Gasteiger partial charge >= 0.3 is 218 Å². The Morgan fingerprint density at radius 1 is 0.343 bits per heavy atom. The zero-order chi connectivity index (χ0) is 23.7. The Kier molecular flexibility index (Phi) is 8.63. The predicted molar refractivity (Wildman–Crippen MR) is 160 cm³/mol. The van der Waals surface area contributed by atoms with Crippen LogP contribution < -0.4 is 25.6 Å². The van der Waals surface area contributed by atoms with Crippen LogP contribution in [0.4, 0.5) is 0 Å². The van der Waals surface area contributed by atoms with Gasteiger partial charge in [0.2, 0.25) is 0 Å². The van der Waals surface area contributed by atoms with E-state index in [1.54, 1.807) is 4.35 Å². The topological polar surface area (TPSA) is 0 Å². The monoisotopic (exact) mass is 550 g/mol. The molecule has 5 aromatic rings. The van der Waals surface area contributed by atoms with Crippen molar-refractivity contribution in [1.29, 1.82) is 0 Å².